The van der Waals surface area contributed by atoms with Crippen LogP contribution in [0.3, 0.4) is 0 Å². The first kappa shape index (κ1) is 14.8. The summed E-state index contributed by atoms with van der Waals surface area (Å²) >= 11 is 5.85. The van der Waals surface area contributed by atoms with Gasteiger partial charge in [0.05, 0.1) is 10.5 Å². The number of hydrogen-bond acceptors (Lipinski definition) is 4. The molecule has 2 N–H and O–H groups in total. The van der Waals surface area contributed by atoms with Crippen molar-refractivity contribution < 1.29 is 9.72 Å². The van der Waals surface area contributed by atoms with Gasteiger partial charge in [0.2, 0.25) is 0 Å². The number of carbonyl (C=O) groups excluding carboxylic acids is 1. The van der Waals surface area contributed by atoms with Crippen LogP contribution in [-0.2, 0) is 0 Å². The molecule has 0 aliphatic rings. The number of rotatable bonds is 4. The topological polar surface area (TPSA) is 84.3 Å². The molecule has 2 aromatic rings. The Bertz CT molecular complexity index is 704. The van der Waals surface area contributed by atoms with E-state index in [9.17, 15) is 14.9 Å². The lowest BCUT2D eigenvalue weighted by Crippen LogP contribution is -2.14. The number of hydrogen-bond donors (Lipinski definition) is 2. The van der Waals surface area contributed by atoms with Gasteiger partial charge in [-0.1, -0.05) is 23.7 Å². The molecular weight excluding hydrogens is 294 g/mol. The maximum Gasteiger partial charge on any atom is 0.293 e. The van der Waals surface area contributed by atoms with Gasteiger partial charge in [0.25, 0.3) is 11.6 Å². The Labute approximate surface area is 125 Å². The number of carbonyl (C=O) groups is 1. The highest BCUT2D eigenvalue weighted by atomic mass is 35.5. The van der Waals surface area contributed by atoms with Crippen molar-refractivity contribution in [3.8, 4) is 0 Å². The molecule has 0 unspecified atom stereocenters. The molecule has 6 nitrogen and oxygen atoms in total. The third kappa shape index (κ3) is 3.29. The zero-order valence-electron chi connectivity index (χ0n) is 11.1. The highest BCUT2D eigenvalue weighted by Gasteiger charge is 2.20. The minimum atomic E-state index is -0.540. The molecule has 0 radical (unpaired) electrons. The molecule has 21 heavy (non-hydrogen) atoms. The Morgan fingerprint density at radius 3 is 2.57 bits per heavy atom. The normalized spacial score (nSPS) is 10.0. The van der Waals surface area contributed by atoms with Crippen molar-refractivity contribution >= 4 is 34.6 Å². The summed E-state index contributed by atoms with van der Waals surface area (Å²) in [4.78, 5) is 22.7. The Kier molecular flexibility index (Phi) is 4.39. The monoisotopic (exact) mass is 305 g/mol. The number of para-hydroxylation sites is 1. The van der Waals surface area contributed by atoms with E-state index in [0.29, 0.717) is 10.7 Å². The summed E-state index contributed by atoms with van der Waals surface area (Å²) in [5, 5.41) is 16.8. The zero-order valence-corrected chi connectivity index (χ0v) is 11.8. The number of benzene rings is 2. The number of nitrogens with zero attached hydrogens (tertiary/aromatic N) is 1. The van der Waals surface area contributed by atoms with Gasteiger partial charge in [-0.05, 0) is 24.3 Å². The van der Waals surface area contributed by atoms with Crippen LogP contribution in [0.2, 0.25) is 5.02 Å². The first-order valence-electron chi connectivity index (χ1n) is 6.05. The Balaban J connectivity index is 2.35. The van der Waals surface area contributed by atoms with Crippen LogP contribution in [-0.4, -0.2) is 17.9 Å². The molecule has 1 amide bonds. The van der Waals surface area contributed by atoms with Gasteiger partial charge in [0, 0.05) is 23.8 Å². The van der Waals surface area contributed by atoms with Crippen molar-refractivity contribution in [1.82, 2.24) is 0 Å². The molecule has 0 heterocycles. The maximum atomic E-state index is 12.3. The van der Waals surface area contributed by atoms with E-state index in [-0.39, 0.29) is 16.9 Å². The fraction of sp³-hybridized carbons (Fsp3) is 0.0714. The van der Waals surface area contributed by atoms with Crippen LogP contribution < -0.4 is 10.6 Å². The van der Waals surface area contributed by atoms with E-state index in [1.807, 2.05) is 0 Å². The van der Waals surface area contributed by atoms with Crippen molar-refractivity contribution in [2.45, 2.75) is 0 Å². The number of halogens is 1. The van der Waals surface area contributed by atoms with Gasteiger partial charge >= 0.3 is 0 Å². The Morgan fingerprint density at radius 2 is 1.95 bits per heavy atom. The number of amides is 1. The molecule has 108 valence electrons. The van der Waals surface area contributed by atoms with Crippen molar-refractivity contribution in [3.63, 3.8) is 0 Å². The van der Waals surface area contributed by atoms with E-state index in [0.717, 1.165) is 0 Å². The maximum absolute atomic E-state index is 12.3. The second-order valence-electron chi connectivity index (χ2n) is 4.17. The summed E-state index contributed by atoms with van der Waals surface area (Å²) in [5.74, 6) is -0.453. The van der Waals surface area contributed by atoms with E-state index in [2.05, 4.69) is 10.6 Å². The zero-order chi connectivity index (χ0) is 15.4. The Hall–Kier alpha value is -2.60. The lowest BCUT2D eigenvalue weighted by Gasteiger charge is -2.10. The summed E-state index contributed by atoms with van der Waals surface area (Å²) in [6.07, 6.45) is 0. The number of nitrogens with one attached hydrogen (secondary N) is 2. The standard InChI is InChI=1S/C14H12ClN3O3/c1-16-13-11(6-3-7-12(13)18(20)21)14(19)17-10-5-2-4-9(15)8-10/h2-8,16H,1H3,(H,17,19). The highest BCUT2D eigenvalue weighted by Crippen LogP contribution is 2.28. The molecule has 0 bridgehead atoms. The largest absolute Gasteiger partial charge is 0.382 e. The van der Waals surface area contributed by atoms with Crippen LogP contribution in [0.1, 0.15) is 10.4 Å². The fourth-order valence-electron chi connectivity index (χ4n) is 1.91. The molecule has 0 spiro atoms. The molecule has 0 fully saturated rings. The number of nitro benzene ring substituents is 1. The van der Waals surface area contributed by atoms with Crippen LogP contribution in [0, 0.1) is 10.1 Å². The predicted octanol–water partition coefficient (Wildman–Crippen LogP) is 3.54. The smallest absolute Gasteiger partial charge is 0.293 e. The van der Waals surface area contributed by atoms with Gasteiger partial charge in [0.15, 0.2) is 0 Å². The average molecular weight is 306 g/mol. The van der Waals surface area contributed by atoms with Crippen LogP contribution in [0.25, 0.3) is 0 Å². The Morgan fingerprint density at radius 1 is 1.24 bits per heavy atom. The van der Waals surface area contributed by atoms with E-state index in [4.69, 9.17) is 11.6 Å². The van der Waals surface area contributed by atoms with Crippen molar-refractivity contribution in [2.75, 3.05) is 17.7 Å². The predicted molar refractivity (Wildman–Crippen MR) is 82.0 cm³/mol. The van der Waals surface area contributed by atoms with Crippen molar-refractivity contribution in [2.24, 2.45) is 0 Å². The lowest BCUT2D eigenvalue weighted by molar-refractivity contribution is -0.384. The molecule has 0 saturated heterocycles. The van der Waals surface area contributed by atoms with Gasteiger partial charge in [-0.3, -0.25) is 14.9 Å². The fourth-order valence-corrected chi connectivity index (χ4v) is 2.10. The van der Waals surface area contributed by atoms with Gasteiger partial charge < -0.3 is 10.6 Å². The van der Waals surface area contributed by atoms with Crippen molar-refractivity contribution in [3.05, 3.63) is 63.2 Å². The van der Waals surface area contributed by atoms with Gasteiger partial charge in [-0.2, -0.15) is 0 Å². The van der Waals surface area contributed by atoms with Crippen LogP contribution in [0.4, 0.5) is 17.1 Å². The number of nitro groups is 1. The molecule has 2 aromatic carbocycles. The minimum absolute atomic E-state index is 0.156. The van der Waals surface area contributed by atoms with Crippen LogP contribution >= 0.6 is 11.6 Å². The molecular formula is C14H12ClN3O3. The molecule has 7 heteroatoms. The molecule has 2 rings (SSSR count). The summed E-state index contributed by atoms with van der Waals surface area (Å²) < 4.78 is 0. The van der Waals surface area contributed by atoms with Crippen molar-refractivity contribution in [1.29, 1.82) is 0 Å². The third-order valence-corrected chi connectivity index (χ3v) is 3.05. The quantitative estimate of drug-likeness (QED) is 0.668. The average Bonchev–Trinajstić information content (AvgIpc) is 2.46. The lowest BCUT2D eigenvalue weighted by atomic mass is 10.1. The van der Waals surface area contributed by atoms with Gasteiger partial charge in [0.1, 0.15) is 5.69 Å². The van der Waals surface area contributed by atoms with E-state index < -0.39 is 10.8 Å². The molecule has 0 saturated carbocycles. The summed E-state index contributed by atoms with van der Waals surface area (Å²) in [6, 6.07) is 11.0. The summed E-state index contributed by atoms with van der Waals surface area (Å²) in [7, 11) is 1.53. The van der Waals surface area contributed by atoms with E-state index >= 15 is 0 Å². The molecule has 0 atom stereocenters. The second-order valence-corrected chi connectivity index (χ2v) is 4.61. The third-order valence-electron chi connectivity index (χ3n) is 2.82. The first-order valence-corrected chi connectivity index (χ1v) is 6.43. The first-order chi connectivity index (χ1) is 10.0. The summed E-state index contributed by atoms with van der Waals surface area (Å²) in [5.41, 5.74) is 0.714. The summed E-state index contributed by atoms with van der Waals surface area (Å²) in [6.45, 7) is 0. The minimum Gasteiger partial charge on any atom is -0.382 e. The SMILES string of the molecule is CNc1c(C(=O)Nc2cccc(Cl)c2)cccc1[N+](=O)[O-]. The van der Waals surface area contributed by atoms with Crippen LogP contribution in [0.15, 0.2) is 42.5 Å². The number of anilines is 2. The molecule has 0 aliphatic carbocycles. The second kappa shape index (κ2) is 6.23. The molecule has 0 aliphatic heterocycles. The van der Waals surface area contributed by atoms with Crippen LogP contribution in [0.5, 0.6) is 0 Å². The highest BCUT2D eigenvalue weighted by molar-refractivity contribution is 6.31. The van der Waals surface area contributed by atoms with Gasteiger partial charge in [-0.25, -0.2) is 0 Å². The molecule has 0 aromatic heterocycles. The van der Waals surface area contributed by atoms with Gasteiger partial charge in [-0.15, -0.1) is 0 Å². The van der Waals surface area contributed by atoms with E-state index in [1.54, 1.807) is 24.3 Å². The van der Waals surface area contributed by atoms with E-state index in [1.165, 1.54) is 25.2 Å².